The maximum absolute atomic E-state index is 3.74. The highest BCUT2D eigenvalue weighted by molar-refractivity contribution is 5.51. The Morgan fingerprint density at radius 2 is 1.55 bits per heavy atom. The highest BCUT2D eigenvalue weighted by Crippen LogP contribution is 2.09. The van der Waals surface area contributed by atoms with Gasteiger partial charge in [0.15, 0.2) is 0 Å². The molecule has 0 heteroatoms. The second kappa shape index (κ2) is 9.57. The number of benzene rings is 2. The van der Waals surface area contributed by atoms with Crippen LogP contribution in [0.4, 0.5) is 0 Å². The fourth-order valence-electron chi connectivity index (χ4n) is 1.80. The van der Waals surface area contributed by atoms with Crippen molar-refractivity contribution < 1.29 is 0 Å². The van der Waals surface area contributed by atoms with Gasteiger partial charge in [-0.3, -0.25) is 0 Å². The van der Waals surface area contributed by atoms with Crippen LogP contribution in [0.25, 0.3) is 12.2 Å². The van der Waals surface area contributed by atoms with Crippen LogP contribution in [0.2, 0.25) is 0 Å². The van der Waals surface area contributed by atoms with Crippen LogP contribution in [0.3, 0.4) is 0 Å². The van der Waals surface area contributed by atoms with Crippen LogP contribution in [0, 0.1) is 0 Å². The third kappa shape index (κ3) is 5.53. The molecule has 0 unspecified atom stereocenters. The fraction of sp³-hybridized carbons (Fsp3) is 0.100. The van der Waals surface area contributed by atoms with Gasteiger partial charge in [0.05, 0.1) is 0 Å². The lowest BCUT2D eigenvalue weighted by molar-refractivity contribution is 1.13. The van der Waals surface area contributed by atoms with Crippen molar-refractivity contribution in [1.82, 2.24) is 0 Å². The Hall–Kier alpha value is -2.34. The van der Waals surface area contributed by atoms with Crippen LogP contribution in [0.15, 0.2) is 79.9 Å². The molecule has 0 saturated heterocycles. The van der Waals surface area contributed by atoms with Crippen molar-refractivity contribution in [2.75, 3.05) is 0 Å². The van der Waals surface area contributed by atoms with Crippen LogP contribution in [0.5, 0.6) is 0 Å². The average Bonchev–Trinajstić information content (AvgIpc) is 2.54. The van der Waals surface area contributed by atoms with Crippen LogP contribution in [-0.4, -0.2) is 0 Å². The van der Waals surface area contributed by atoms with Crippen molar-refractivity contribution in [2.24, 2.45) is 0 Å². The largest absolute Gasteiger partial charge is 0.0991 e. The molecule has 0 aliphatic rings. The second-order valence-corrected chi connectivity index (χ2v) is 4.26. The van der Waals surface area contributed by atoms with Gasteiger partial charge in [0, 0.05) is 0 Å². The van der Waals surface area contributed by atoms with Gasteiger partial charge < -0.3 is 0 Å². The Kier molecular flexibility index (Phi) is 7.52. The van der Waals surface area contributed by atoms with E-state index in [-0.39, 0.29) is 0 Å². The number of hydrogen-bond acceptors (Lipinski definition) is 0. The summed E-state index contributed by atoms with van der Waals surface area (Å²) in [5.74, 6) is 0. The minimum absolute atomic E-state index is 1.09. The number of hydrogen-bond donors (Lipinski definition) is 0. The Balaban J connectivity index is 0.000000200. The minimum Gasteiger partial charge on any atom is -0.0991 e. The molecule has 0 N–H and O–H groups in total. The third-order valence-electron chi connectivity index (χ3n) is 2.88. The van der Waals surface area contributed by atoms with Gasteiger partial charge in [-0.15, -0.1) is 0 Å². The van der Waals surface area contributed by atoms with Gasteiger partial charge in [0.2, 0.25) is 0 Å². The minimum atomic E-state index is 1.09. The van der Waals surface area contributed by atoms with E-state index in [9.17, 15) is 0 Å². The molecule has 0 spiro atoms. The Morgan fingerprint density at radius 1 is 0.900 bits per heavy atom. The van der Waals surface area contributed by atoms with Gasteiger partial charge in [-0.1, -0.05) is 99.0 Å². The highest BCUT2D eigenvalue weighted by Gasteiger charge is 1.91. The second-order valence-electron chi connectivity index (χ2n) is 4.26. The molecule has 0 heterocycles. The van der Waals surface area contributed by atoms with E-state index in [4.69, 9.17) is 0 Å². The van der Waals surface area contributed by atoms with Crippen LogP contribution in [-0.2, 0) is 6.42 Å². The summed E-state index contributed by atoms with van der Waals surface area (Å²) in [5, 5.41) is 0. The van der Waals surface area contributed by atoms with E-state index < -0.39 is 0 Å². The van der Waals surface area contributed by atoms with Gasteiger partial charge >= 0.3 is 0 Å². The standard InChI is InChI=1S/C10H12.C10H10/c1-3-9-7-5-6-8-10(9)4-2;1-2-3-7-10-8-5-4-6-9-10/h3,5-8H,1,4H2,2H3;2-9H,1H2. The predicted molar refractivity (Wildman–Crippen MR) is 91.6 cm³/mol. The molecule has 2 aromatic carbocycles. The van der Waals surface area contributed by atoms with Gasteiger partial charge in [-0.2, -0.15) is 0 Å². The summed E-state index contributed by atoms with van der Waals surface area (Å²) in [6, 6.07) is 18.5. The quantitative estimate of drug-likeness (QED) is 0.613. The smallest absolute Gasteiger partial charge is 0.0231 e. The van der Waals surface area contributed by atoms with Gasteiger partial charge in [-0.25, -0.2) is 0 Å². The maximum atomic E-state index is 3.74. The van der Waals surface area contributed by atoms with Crippen molar-refractivity contribution >= 4 is 12.2 Å². The predicted octanol–water partition coefficient (Wildman–Crippen LogP) is 5.78. The Labute approximate surface area is 122 Å². The van der Waals surface area contributed by atoms with Crippen LogP contribution >= 0.6 is 0 Å². The zero-order valence-electron chi connectivity index (χ0n) is 12.1. The first kappa shape index (κ1) is 15.7. The molecule has 2 aromatic rings. The molecule has 0 radical (unpaired) electrons. The van der Waals surface area contributed by atoms with Crippen LogP contribution < -0.4 is 0 Å². The van der Waals surface area contributed by atoms with E-state index in [2.05, 4.69) is 50.4 Å². The summed E-state index contributed by atoms with van der Waals surface area (Å²) in [5.41, 5.74) is 3.84. The van der Waals surface area contributed by atoms with Gasteiger partial charge in [-0.05, 0) is 23.1 Å². The van der Waals surface area contributed by atoms with E-state index in [1.54, 1.807) is 6.08 Å². The maximum Gasteiger partial charge on any atom is -0.0231 e. The van der Waals surface area contributed by atoms with E-state index >= 15 is 0 Å². The Bertz CT molecular complexity index is 547. The Morgan fingerprint density at radius 3 is 2.10 bits per heavy atom. The molecule has 0 aromatic heterocycles. The van der Waals surface area contributed by atoms with Gasteiger partial charge in [0.25, 0.3) is 0 Å². The molecule has 2 rings (SSSR count). The molecule has 0 aliphatic heterocycles. The highest BCUT2D eigenvalue weighted by atomic mass is 14.0. The first-order chi connectivity index (χ1) is 9.81. The van der Waals surface area contributed by atoms with Crippen LogP contribution in [0.1, 0.15) is 23.6 Å². The zero-order chi connectivity index (χ0) is 14.6. The SMILES string of the molecule is C=CC=Cc1ccccc1.C=Cc1ccccc1CC. The number of allylic oxidation sites excluding steroid dienone is 2. The molecule has 0 bridgehead atoms. The summed E-state index contributed by atoms with van der Waals surface area (Å²) in [7, 11) is 0. The van der Waals surface area contributed by atoms with E-state index in [1.165, 1.54) is 16.7 Å². The summed E-state index contributed by atoms with van der Waals surface area (Å²) in [4.78, 5) is 0. The van der Waals surface area contributed by atoms with E-state index in [1.807, 2.05) is 42.5 Å². The lowest BCUT2D eigenvalue weighted by Crippen LogP contribution is -1.83. The zero-order valence-corrected chi connectivity index (χ0v) is 12.1. The topological polar surface area (TPSA) is 0 Å². The number of rotatable bonds is 4. The summed E-state index contributed by atoms with van der Waals surface area (Å²) < 4.78 is 0. The molecule has 0 aliphatic carbocycles. The third-order valence-corrected chi connectivity index (χ3v) is 2.88. The molecular formula is C20H22. The first-order valence-electron chi connectivity index (χ1n) is 6.86. The lowest BCUT2D eigenvalue weighted by atomic mass is 10.1. The first-order valence-corrected chi connectivity index (χ1v) is 6.86. The summed E-state index contributed by atoms with van der Waals surface area (Å²) >= 11 is 0. The van der Waals surface area contributed by atoms with Gasteiger partial charge in [0.1, 0.15) is 0 Å². The normalized spacial score (nSPS) is 9.65. The molecule has 102 valence electrons. The van der Waals surface area contributed by atoms with Crippen molar-refractivity contribution in [3.8, 4) is 0 Å². The molecule has 20 heavy (non-hydrogen) atoms. The van der Waals surface area contributed by atoms with E-state index in [0.29, 0.717) is 0 Å². The number of aryl methyl sites for hydroxylation is 1. The van der Waals surface area contributed by atoms with Crippen molar-refractivity contribution in [3.63, 3.8) is 0 Å². The van der Waals surface area contributed by atoms with Crippen molar-refractivity contribution in [2.45, 2.75) is 13.3 Å². The summed E-state index contributed by atoms with van der Waals surface area (Å²) in [6.07, 6.45) is 8.70. The molecule has 0 nitrogen and oxygen atoms in total. The summed E-state index contributed by atoms with van der Waals surface area (Å²) in [6.45, 7) is 9.48. The molecule has 0 atom stereocenters. The van der Waals surface area contributed by atoms with Crippen molar-refractivity contribution in [1.29, 1.82) is 0 Å². The van der Waals surface area contributed by atoms with E-state index in [0.717, 1.165) is 6.42 Å². The lowest BCUT2D eigenvalue weighted by Gasteiger charge is -1.99. The molecule has 0 amide bonds. The van der Waals surface area contributed by atoms with Crippen molar-refractivity contribution in [3.05, 3.63) is 96.6 Å². The molecular weight excluding hydrogens is 240 g/mol. The average molecular weight is 262 g/mol. The molecule has 0 fully saturated rings. The molecule has 0 saturated carbocycles. The fourth-order valence-corrected chi connectivity index (χ4v) is 1.80. The monoisotopic (exact) mass is 262 g/mol.